The predicted molar refractivity (Wildman–Crippen MR) is 121 cm³/mol. The Morgan fingerprint density at radius 3 is 1.65 bits per heavy atom. The first kappa shape index (κ1) is 18.8. The Kier molecular flexibility index (Phi) is 4.56. The highest BCUT2D eigenvalue weighted by molar-refractivity contribution is 5.80. The largest absolute Gasteiger partial charge is 0.271 e. The summed E-state index contributed by atoms with van der Waals surface area (Å²) >= 11 is 0. The number of hydrogen-bond donors (Lipinski definition) is 0. The molecule has 0 aliphatic rings. The maximum atomic E-state index is 11.3. The molecule has 1 aromatic heterocycles. The molecule has 0 N–H and O–H groups in total. The zero-order valence-corrected chi connectivity index (χ0v) is 16.6. The molecule has 5 nitrogen and oxygen atoms in total. The van der Waals surface area contributed by atoms with Gasteiger partial charge in [-0.1, -0.05) is 91.0 Å². The summed E-state index contributed by atoms with van der Waals surface area (Å²) in [5, 5.41) is 17.0. The molecule has 150 valence electrons. The summed E-state index contributed by atoms with van der Waals surface area (Å²) in [6.07, 6.45) is 1.96. The fraction of sp³-hybridized carbons (Fsp3) is 0.0385. The molecule has 0 saturated heterocycles. The molecule has 0 saturated carbocycles. The van der Waals surface area contributed by atoms with Crippen LogP contribution >= 0.6 is 0 Å². The minimum atomic E-state index is -0.739. The Bertz CT molecular complexity index is 1250. The van der Waals surface area contributed by atoms with Crippen molar-refractivity contribution < 1.29 is 4.92 Å². The third-order valence-corrected chi connectivity index (χ3v) is 5.62. The summed E-state index contributed by atoms with van der Waals surface area (Å²) in [7, 11) is 0. The molecule has 5 heteroatoms. The van der Waals surface area contributed by atoms with Gasteiger partial charge < -0.3 is 0 Å². The van der Waals surface area contributed by atoms with Gasteiger partial charge in [-0.05, 0) is 22.8 Å². The van der Waals surface area contributed by atoms with Crippen LogP contribution in [0.5, 0.6) is 0 Å². The Labute approximate surface area is 179 Å². The summed E-state index contributed by atoms with van der Waals surface area (Å²) in [6, 6.07) is 35.4. The number of hydrogen-bond acceptors (Lipinski definition) is 3. The highest BCUT2D eigenvalue weighted by Gasteiger charge is 2.39. The second-order valence-electron chi connectivity index (χ2n) is 7.38. The van der Waals surface area contributed by atoms with E-state index >= 15 is 0 Å². The van der Waals surface area contributed by atoms with E-state index in [1.54, 1.807) is 6.07 Å². The molecule has 0 aliphatic carbocycles. The number of nitro groups is 1. The summed E-state index contributed by atoms with van der Waals surface area (Å²) in [6.45, 7) is 0. The Balaban J connectivity index is 1.88. The number of aromatic nitrogens is 2. The smallest absolute Gasteiger partial charge is 0.258 e. The van der Waals surface area contributed by atoms with E-state index in [0.29, 0.717) is 5.52 Å². The minimum Gasteiger partial charge on any atom is -0.258 e. The van der Waals surface area contributed by atoms with E-state index in [1.807, 2.05) is 65.5 Å². The van der Waals surface area contributed by atoms with Crippen LogP contribution in [0.1, 0.15) is 16.7 Å². The van der Waals surface area contributed by atoms with Crippen LogP contribution in [0.15, 0.2) is 115 Å². The zero-order chi connectivity index (χ0) is 21.3. The van der Waals surface area contributed by atoms with E-state index in [-0.39, 0.29) is 5.69 Å². The van der Waals surface area contributed by atoms with Gasteiger partial charge in [0, 0.05) is 23.7 Å². The van der Waals surface area contributed by atoms with Crippen molar-refractivity contribution >= 4 is 16.6 Å². The van der Waals surface area contributed by atoms with Crippen molar-refractivity contribution in [3.8, 4) is 0 Å². The van der Waals surface area contributed by atoms with Gasteiger partial charge >= 0.3 is 0 Å². The molecule has 1 heterocycles. The van der Waals surface area contributed by atoms with Crippen LogP contribution in [-0.4, -0.2) is 14.7 Å². The van der Waals surface area contributed by atoms with E-state index in [1.165, 1.54) is 12.1 Å². The van der Waals surface area contributed by atoms with E-state index in [4.69, 9.17) is 5.10 Å². The first-order valence-corrected chi connectivity index (χ1v) is 10.0. The summed E-state index contributed by atoms with van der Waals surface area (Å²) in [4.78, 5) is 10.9. The van der Waals surface area contributed by atoms with Gasteiger partial charge in [-0.3, -0.25) is 14.8 Å². The average molecular weight is 405 g/mol. The van der Waals surface area contributed by atoms with Gasteiger partial charge in [-0.25, -0.2) is 0 Å². The molecule has 0 unspecified atom stereocenters. The molecule has 0 fully saturated rings. The van der Waals surface area contributed by atoms with Crippen LogP contribution in [0.2, 0.25) is 0 Å². The Hall–Kier alpha value is -4.25. The van der Waals surface area contributed by atoms with Gasteiger partial charge in [0.2, 0.25) is 0 Å². The molecule has 5 rings (SSSR count). The van der Waals surface area contributed by atoms with Gasteiger partial charge in [0.15, 0.2) is 0 Å². The first-order chi connectivity index (χ1) is 15.2. The number of rotatable bonds is 5. The Morgan fingerprint density at radius 2 is 1.19 bits per heavy atom. The van der Waals surface area contributed by atoms with Crippen LogP contribution in [0.25, 0.3) is 10.9 Å². The Morgan fingerprint density at radius 1 is 0.710 bits per heavy atom. The molecule has 0 bridgehead atoms. The van der Waals surface area contributed by atoms with Crippen molar-refractivity contribution in [2.75, 3.05) is 0 Å². The fourth-order valence-electron chi connectivity index (χ4n) is 4.22. The number of non-ortho nitro benzene ring substituents is 1. The lowest BCUT2D eigenvalue weighted by atomic mass is 9.77. The topological polar surface area (TPSA) is 61.0 Å². The van der Waals surface area contributed by atoms with Gasteiger partial charge in [0.25, 0.3) is 5.69 Å². The van der Waals surface area contributed by atoms with Crippen molar-refractivity contribution in [2.45, 2.75) is 5.54 Å². The normalized spacial score (nSPS) is 11.5. The van der Waals surface area contributed by atoms with Crippen molar-refractivity contribution in [1.29, 1.82) is 0 Å². The highest BCUT2D eigenvalue weighted by Crippen LogP contribution is 2.41. The molecule has 4 aromatic carbocycles. The minimum absolute atomic E-state index is 0.0301. The highest BCUT2D eigenvalue weighted by atomic mass is 16.6. The molecule has 0 aliphatic heterocycles. The molecule has 0 spiro atoms. The van der Waals surface area contributed by atoms with E-state index < -0.39 is 10.5 Å². The van der Waals surface area contributed by atoms with Gasteiger partial charge in [-0.15, -0.1) is 0 Å². The average Bonchev–Trinajstić information content (AvgIpc) is 3.25. The lowest BCUT2D eigenvalue weighted by Gasteiger charge is -2.36. The third kappa shape index (κ3) is 3.07. The van der Waals surface area contributed by atoms with E-state index in [2.05, 4.69) is 36.4 Å². The first-order valence-electron chi connectivity index (χ1n) is 10.0. The number of nitrogens with zero attached hydrogens (tertiary/aromatic N) is 3. The molecular formula is C26H19N3O2. The summed E-state index contributed by atoms with van der Waals surface area (Å²) < 4.78 is 1.93. The van der Waals surface area contributed by atoms with Crippen LogP contribution in [-0.2, 0) is 5.54 Å². The SMILES string of the molecule is O=[N+]([O-])c1ccc2cn(C(c3ccccc3)(c3ccccc3)c3ccccc3)nc2c1. The van der Waals surface area contributed by atoms with Crippen LogP contribution in [0, 0.1) is 10.1 Å². The number of nitro benzene ring substituents is 1. The monoisotopic (exact) mass is 405 g/mol. The predicted octanol–water partition coefficient (Wildman–Crippen LogP) is 5.78. The van der Waals surface area contributed by atoms with Crippen LogP contribution < -0.4 is 0 Å². The third-order valence-electron chi connectivity index (χ3n) is 5.62. The second kappa shape index (κ2) is 7.54. The van der Waals surface area contributed by atoms with Crippen LogP contribution in [0.3, 0.4) is 0 Å². The summed E-state index contributed by atoms with van der Waals surface area (Å²) in [5.74, 6) is 0. The van der Waals surface area contributed by atoms with Crippen molar-refractivity contribution in [2.24, 2.45) is 0 Å². The van der Waals surface area contributed by atoms with Crippen molar-refractivity contribution in [3.05, 3.63) is 142 Å². The molecule has 0 amide bonds. The van der Waals surface area contributed by atoms with Gasteiger partial charge in [-0.2, -0.15) is 5.10 Å². The van der Waals surface area contributed by atoms with E-state index in [0.717, 1.165) is 22.1 Å². The number of fused-ring (bicyclic) bond motifs is 1. The van der Waals surface area contributed by atoms with Gasteiger partial charge in [0.1, 0.15) is 5.54 Å². The fourth-order valence-corrected chi connectivity index (χ4v) is 4.22. The van der Waals surface area contributed by atoms with Gasteiger partial charge in [0.05, 0.1) is 10.4 Å². The molecule has 0 radical (unpaired) electrons. The molecule has 31 heavy (non-hydrogen) atoms. The molecule has 5 aromatic rings. The lowest BCUT2D eigenvalue weighted by molar-refractivity contribution is -0.384. The summed E-state index contributed by atoms with van der Waals surface area (Å²) in [5.41, 5.74) is 3.03. The standard InChI is InChI=1S/C26H19N3O2/c30-29(31)24-17-16-20-19-28(27-25(20)18-24)26(21-10-4-1-5-11-21,22-12-6-2-7-13-22)23-14-8-3-9-15-23/h1-19H. The molecular weight excluding hydrogens is 386 g/mol. The van der Waals surface area contributed by atoms with Crippen molar-refractivity contribution in [1.82, 2.24) is 9.78 Å². The van der Waals surface area contributed by atoms with Crippen LogP contribution in [0.4, 0.5) is 5.69 Å². The quantitative estimate of drug-likeness (QED) is 0.211. The maximum absolute atomic E-state index is 11.3. The van der Waals surface area contributed by atoms with E-state index in [9.17, 15) is 10.1 Å². The number of benzene rings is 4. The second-order valence-corrected chi connectivity index (χ2v) is 7.38. The zero-order valence-electron chi connectivity index (χ0n) is 16.6. The molecule has 0 atom stereocenters. The van der Waals surface area contributed by atoms with Crippen molar-refractivity contribution in [3.63, 3.8) is 0 Å². The maximum Gasteiger partial charge on any atom is 0.271 e. The lowest BCUT2D eigenvalue weighted by Crippen LogP contribution is -2.38.